The van der Waals surface area contributed by atoms with Gasteiger partial charge < -0.3 is 20.6 Å². The third-order valence-corrected chi connectivity index (χ3v) is 6.78. The standard InChI is InChI=1S/C28H37N7O2.C2H6/c1-29-12-4-14-34(2)26-8-7-23(19-31-26)25-9-13-30-28(33-25)32-24-6-3-5-22(18-24)17-21-10-15-35(16-11-21)20-27(36)37;1-2/h3,5-9,13,18-19,21,29H,4,10-12,14-17,20H2,1-2H3,(H,36,37)(H,30,32,33);1-2H3. The highest BCUT2D eigenvalue weighted by atomic mass is 16.4. The second-order valence-electron chi connectivity index (χ2n) is 9.69. The zero-order chi connectivity index (χ0) is 28.0. The maximum absolute atomic E-state index is 10.9. The van der Waals surface area contributed by atoms with Crippen LogP contribution in [-0.2, 0) is 11.2 Å². The molecule has 39 heavy (non-hydrogen) atoms. The molecule has 1 aliphatic rings. The largest absolute Gasteiger partial charge is 0.480 e. The normalized spacial score (nSPS) is 13.8. The van der Waals surface area contributed by atoms with Crippen molar-refractivity contribution in [2.45, 2.75) is 39.5 Å². The lowest BCUT2D eigenvalue weighted by Gasteiger charge is -2.30. The van der Waals surface area contributed by atoms with Crippen molar-refractivity contribution < 1.29 is 9.90 Å². The lowest BCUT2D eigenvalue weighted by molar-refractivity contribution is -0.138. The number of nitrogens with zero attached hydrogens (tertiary/aromatic N) is 5. The molecule has 210 valence electrons. The van der Waals surface area contributed by atoms with Crippen molar-refractivity contribution in [3.8, 4) is 11.3 Å². The molecule has 0 spiro atoms. The molecule has 0 atom stereocenters. The van der Waals surface area contributed by atoms with E-state index < -0.39 is 5.97 Å². The number of piperidine rings is 1. The van der Waals surface area contributed by atoms with Crippen molar-refractivity contribution in [2.24, 2.45) is 5.92 Å². The van der Waals surface area contributed by atoms with Crippen molar-refractivity contribution in [2.75, 3.05) is 57.0 Å². The van der Waals surface area contributed by atoms with Crippen LogP contribution in [0.5, 0.6) is 0 Å². The molecule has 0 bridgehead atoms. The van der Waals surface area contributed by atoms with Crippen LogP contribution in [0, 0.1) is 5.92 Å². The third-order valence-electron chi connectivity index (χ3n) is 6.78. The minimum atomic E-state index is -0.750. The SMILES string of the molecule is CC.CNCCCN(C)c1ccc(-c2ccnc(Nc3cccc(CC4CCN(CC(=O)O)CC4)c3)n2)cn1. The molecule has 4 rings (SSSR count). The number of carboxylic acids is 1. The molecule has 1 fully saturated rings. The Morgan fingerprint density at radius 2 is 1.92 bits per heavy atom. The molecule has 9 nitrogen and oxygen atoms in total. The van der Waals surface area contributed by atoms with Gasteiger partial charge in [0, 0.05) is 37.2 Å². The van der Waals surface area contributed by atoms with Gasteiger partial charge in [0.05, 0.1) is 12.2 Å². The van der Waals surface area contributed by atoms with Gasteiger partial charge in [0.2, 0.25) is 5.95 Å². The van der Waals surface area contributed by atoms with Crippen LogP contribution in [0.1, 0.15) is 38.7 Å². The molecule has 1 aromatic carbocycles. The Morgan fingerprint density at radius 1 is 1.13 bits per heavy atom. The summed E-state index contributed by atoms with van der Waals surface area (Å²) in [5, 5.41) is 15.5. The van der Waals surface area contributed by atoms with Gasteiger partial charge in [-0.3, -0.25) is 9.69 Å². The Bertz CT molecular complexity index is 1150. The lowest BCUT2D eigenvalue weighted by Crippen LogP contribution is -2.37. The Kier molecular flexibility index (Phi) is 12.1. The highest BCUT2D eigenvalue weighted by Crippen LogP contribution is 2.25. The first kappa shape index (κ1) is 30.0. The van der Waals surface area contributed by atoms with Gasteiger partial charge in [-0.15, -0.1) is 0 Å². The quantitative estimate of drug-likeness (QED) is 0.286. The van der Waals surface area contributed by atoms with E-state index in [1.165, 1.54) is 5.56 Å². The first-order chi connectivity index (χ1) is 19.0. The van der Waals surface area contributed by atoms with Crippen LogP contribution in [0.2, 0.25) is 0 Å². The average Bonchev–Trinajstić information content (AvgIpc) is 2.95. The predicted octanol–water partition coefficient (Wildman–Crippen LogP) is 4.69. The van der Waals surface area contributed by atoms with Crippen molar-refractivity contribution in [1.82, 2.24) is 25.2 Å². The fourth-order valence-electron chi connectivity index (χ4n) is 4.73. The second-order valence-corrected chi connectivity index (χ2v) is 9.69. The van der Waals surface area contributed by atoms with Crippen LogP contribution in [0.3, 0.4) is 0 Å². The summed E-state index contributed by atoms with van der Waals surface area (Å²) in [5.74, 6) is 1.30. The number of anilines is 3. The number of pyridine rings is 1. The molecule has 0 amide bonds. The van der Waals surface area contributed by atoms with E-state index in [1.54, 1.807) is 6.20 Å². The van der Waals surface area contributed by atoms with Crippen molar-refractivity contribution >= 4 is 23.4 Å². The van der Waals surface area contributed by atoms with Gasteiger partial charge in [-0.2, -0.15) is 0 Å². The Hall–Kier alpha value is -3.56. The van der Waals surface area contributed by atoms with Gasteiger partial charge in [-0.25, -0.2) is 15.0 Å². The van der Waals surface area contributed by atoms with E-state index in [0.29, 0.717) is 11.9 Å². The number of likely N-dealkylation sites (tertiary alicyclic amines) is 1. The number of hydrogen-bond donors (Lipinski definition) is 3. The fourth-order valence-corrected chi connectivity index (χ4v) is 4.73. The number of carboxylic acid groups (broad SMARTS) is 1. The van der Waals surface area contributed by atoms with Crippen LogP contribution in [0.25, 0.3) is 11.3 Å². The van der Waals surface area contributed by atoms with E-state index in [1.807, 2.05) is 56.3 Å². The molecule has 3 heterocycles. The summed E-state index contributed by atoms with van der Waals surface area (Å²) in [5.41, 5.74) is 3.98. The average molecular weight is 534 g/mol. The van der Waals surface area contributed by atoms with Gasteiger partial charge >= 0.3 is 5.97 Å². The second kappa shape index (κ2) is 15.8. The van der Waals surface area contributed by atoms with Crippen LogP contribution < -0.4 is 15.5 Å². The summed E-state index contributed by atoms with van der Waals surface area (Å²) < 4.78 is 0. The highest BCUT2D eigenvalue weighted by molar-refractivity contribution is 5.69. The van der Waals surface area contributed by atoms with Crippen LogP contribution >= 0.6 is 0 Å². The van der Waals surface area contributed by atoms with Crippen LogP contribution in [-0.4, -0.2) is 77.7 Å². The molecule has 3 aromatic rings. The van der Waals surface area contributed by atoms with Crippen molar-refractivity contribution in [3.05, 3.63) is 60.4 Å². The monoisotopic (exact) mass is 533 g/mol. The maximum atomic E-state index is 10.9. The number of rotatable bonds is 12. The summed E-state index contributed by atoms with van der Waals surface area (Å²) >= 11 is 0. The summed E-state index contributed by atoms with van der Waals surface area (Å²) in [6.07, 6.45) is 7.71. The number of aliphatic carboxylic acids is 1. The summed E-state index contributed by atoms with van der Waals surface area (Å²) in [4.78, 5) is 28.9. The van der Waals surface area contributed by atoms with E-state index in [2.05, 4.69) is 50.7 Å². The van der Waals surface area contributed by atoms with E-state index in [4.69, 9.17) is 10.1 Å². The van der Waals surface area contributed by atoms with E-state index in [9.17, 15) is 4.79 Å². The molecule has 0 aliphatic carbocycles. The summed E-state index contributed by atoms with van der Waals surface area (Å²) in [6, 6.07) is 14.3. The van der Waals surface area contributed by atoms with Gasteiger partial charge in [0.1, 0.15) is 5.82 Å². The molecule has 1 aliphatic heterocycles. The van der Waals surface area contributed by atoms with E-state index in [0.717, 1.165) is 74.6 Å². The minimum Gasteiger partial charge on any atom is -0.480 e. The van der Waals surface area contributed by atoms with Crippen LogP contribution in [0.4, 0.5) is 17.5 Å². The molecule has 0 unspecified atom stereocenters. The lowest BCUT2D eigenvalue weighted by atomic mass is 9.90. The van der Waals surface area contributed by atoms with Crippen molar-refractivity contribution in [1.29, 1.82) is 0 Å². The van der Waals surface area contributed by atoms with E-state index >= 15 is 0 Å². The number of nitrogens with one attached hydrogen (secondary N) is 2. The molecular formula is C30H43N7O2. The molecule has 2 aromatic heterocycles. The van der Waals surface area contributed by atoms with Gasteiger partial charge in [0.15, 0.2) is 0 Å². The molecule has 9 heteroatoms. The molecule has 1 saturated heterocycles. The molecular weight excluding hydrogens is 490 g/mol. The predicted molar refractivity (Wildman–Crippen MR) is 159 cm³/mol. The first-order valence-corrected chi connectivity index (χ1v) is 14.0. The Balaban J connectivity index is 0.00000205. The Morgan fingerprint density at radius 3 is 2.62 bits per heavy atom. The molecule has 3 N–H and O–H groups in total. The van der Waals surface area contributed by atoms with Crippen LogP contribution in [0.15, 0.2) is 54.9 Å². The number of carbonyl (C=O) groups is 1. The minimum absolute atomic E-state index is 0.138. The summed E-state index contributed by atoms with van der Waals surface area (Å²) in [6.45, 7) is 7.75. The third kappa shape index (κ3) is 9.60. The van der Waals surface area contributed by atoms with Gasteiger partial charge in [-0.1, -0.05) is 26.0 Å². The highest BCUT2D eigenvalue weighted by Gasteiger charge is 2.21. The first-order valence-electron chi connectivity index (χ1n) is 14.0. The number of hydrogen-bond acceptors (Lipinski definition) is 8. The fraction of sp³-hybridized carbons (Fsp3) is 0.467. The Labute approximate surface area is 232 Å². The zero-order valence-electron chi connectivity index (χ0n) is 23.7. The maximum Gasteiger partial charge on any atom is 0.317 e. The van der Waals surface area contributed by atoms with Gasteiger partial charge in [0.25, 0.3) is 0 Å². The summed E-state index contributed by atoms with van der Waals surface area (Å²) in [7, 11) is 4.02. The molecule has 0 saturated carbocycles. The number of aromatic nitrogens is 3. The topological polar surface area (TPSA) is 107 Å². The zero-order valence-corrected chi connectivity index (χ0v) is 23.7. The van der Waals surface area contributed by atoms with Gasteiger partial charge in [-0.05, 0) is 94.2 Å². The smallest absolute Gasteiger partial charge is 0.317 e. The number of benzene rings is 1. The molecule has 0 radical (unpaired) electrons. The van der Waals surface area contributed by atoms with E-state index in [-0.39, 0.29) is 6.54 Å². The van der Waals surface area contributed by atoms with Crippen molar-refractivity contribution in [3.63, 3.8) is 0 Å².